The Bertz CT molecular complexity index is 1130. The van der Waals surface area contributed by atoms with E-state index in [4.69, 9.17) is 0 Å². The van der Waals surface area contributed by atoms with Crippen molar-refractivity contribution in [3.63, 3.8) is 0 Å². The fourth-order valence-electron chi connectivity index (χ4n) is 4.56. The van der Waals surface area contributed by atoms with Gasteiger partial charge >= 0.3 is 6.36 Å². The van der Waals surface area contributed by atoms with Crippen molar-refractivity contribution in [1.29, 1.82) is 0 Å². The Morgan fingerprint density at radius 3 is 2.46 bits per heavy atom. The summed E-state index contributed by atoms with van der Waals surface area (Å²) in [5.41, 5.74) is 1.67. The molecule has 1 aliphatic rings. The molecule has 4 atom stereocenters. The summed E-state index contributed by atoms with van der Waals surface area (Å²) < 4.78 is 55.2. The highest BCUT2D eigenvalue weighted by atomic mass is 19.4. The molecule has 0 saturated heterocycles. The zero-order valence-electron chi connectivity index (χ0n) is 18.6. The second-order valence-corrected chi connectivity index (χ2v) is 8.55. The smallest absolute Gasteiger partial charge is 0.406 e. The molecule has 1 fully saturated rings. The summed E-state index contributed by atoms with van der Waals surface area (Å²) in [5.74, 6) is -1.04. The van der Waals surface area contributed by atoms with Crippen molar-refractivity contribution in [2.75, 3.05) is 6.61 Å². The Kier molecular flexibility index (Phi) is 7.63. The molecular weight excluding hydrogens is 466 g/mol. The van der Waals surface area contributed by atoms with Gasteiger partial charge in [0.05, 0.1) is 11.7 Å². The van der Waals surface area contributed by atoms with Crippen LogP contribution in [0.2, 0.25) is 0 Å². The van der Waals surface area contributed by atoms with E-state index in [0.29, 0.717) is 25.1 Å². The molecule has 2 aromatic carbocycles. The molecule has 10 heteroatoms. The second-order valence-electron chi connectivity index (χ2n) is 8.55. The van der Waals surface area contributed by atoms with Crippen molar-refractivity contribution in [2.24, 2.45) is 11.8 Å². The lowest BCUT2D eigenvalue weighted by molar-refractivity contribution is -0.274. The largest absolute Gasteiger partial charge is 0.573 e. The summed E-state index contributed by atoms with van der Waals surface area (Å²) >= 11 is 0. The Morgan fingerprint density at radius 2 is 1.77 bits per heavy atom. The van der Waals surface area contributed by atoms with Crippen LogP contribution in [-0.2, 0) is 13.0 Å². The Labute approximate surface area is 199 Å². The fraction of sp³-hybridized carbons (Fsp3) is 0.360. The van der Waals surface area contributed by atoms with Crippen LogP contribution >= 0.6 is 0 Å². The van der Waals surface area contributed by atoms with E-state index in [1.54, 1.807) is 30.5 Å². The maximum Gasteiger partial charge on any atom is 0.573 e. The highest BCUT2D eigenvalue weighted by Gasteiger charge is 2.42. The zero-order chi connectivity index (χ0) is 25.0. The lowest BCUT2D eigenvalue weighted by atomic mass is 9.88. The predicted molar refractivity (Wildman–Crippen MR) is 120 cm³/mol. The van der Waals surface area contributed by atoms with E-state index in [1.807, 2.05) is 0 Å². The van der Waals surface area contributed by atoms with E-state index in [9.17, 15) is 27.8 Å². The maximum absolute atomic E-state index is 14.2. The van der Waals surface area contributed by atoms with Crippen LogP contribution in [0.3, 0.4) is 0 Å². The highest BCUT2D eigenvalue weighted by Crippen LogP contribution is 2.35. The van der Waals surface area contributed by atoms with Crippen molar-refractivity contribution in [1.82, 2.24) is 15.3 Å². The molecule has 0 bridgehead atoms. The minimum Gasteiger partial charge on any atom is -0.406 e. The fourth-order valence-corrected chi connectivity index (χ4v) is 4.56. The molecule has 6 nitrogen and oxygen atoms in total. The quantitative estimate of drug-likeness (QED) is 0.415. The summed E-state index contributed by atoms with van der Waals surface area (Å²) in [4.78, 5) is 8.68. The number of rotatable bonds is 8. The summed E-state index contributed by atoms with van der Waals surface area (Å²) in [6, 6.07) is 13.3. The van der Waals surface area contributed by atoms with E-state index in [1.165, 1.54) is 30.3 Å². The van der Waals surface area contributed by atoms with Crippen molar-refractivity contribution >= 4 is 0 Å². The summed E-state index contributed by atoms with van der Waals surface area (Å²) in [5, 5.41) is 23.8. The van der Waals surface area contributed by atoms with Crippen molar-refractivity contribution in [3.8, 4) is 17.1 Å². The topological polar surface area (TPSA) is 87.5 Å². The summed E-state index contributed by atoms with van der Waals surface area (Å²) in [7, 11) is 0. The number of aromatic nitrogens is 2. The molecule has 4 rings (SSSR count). The van der Waals surface area contributed by atoms with Crippen molar-refractivity contribution < 1.29 is 32.5 Å². The first-order chi connectivity index (χ1) is 16.7. The van der Waals surface area contributed by atoms with Gasteiger partial charge in [-0.25, -0.2) is 14.4 Å². The number of nitrogens with one attached hydrogen (secondary N) is 1. The molecule has 3 N–H and O–H groups in total. The van der Waals surface area contributed by atoms with E-state index in [0.717, 1.165) is 5.56 Å². The molecule has 0 radical (unpaired) electrons. The monoisotopic (exact) mass is 491 g/mol. The zero-order valence-corrected chi connectivity index (χ0v) is 18.6. The molecular formula is C25H25F4N3O3. The van der Waals surface area contributed by atoms with Crippen LogP contribution < -0.4 is 10.1 Å². The number of benzene rings is 2. The number of hydrogen-bond acceptors (Lipinski definition) is 6. The summed E-state index contributed by atoms with van der Waals surface area (Å²) in [6.45, 7) is 0.140. The maximum atomic E-state index is 14.2. The summed E-state index contributed by atoms with van der Waals surface area (Å²) in [6.07, 6.45) is -3.10. The first-order valence-electron chi connectivity index (χ1n) is 11.2. The van der Waals surface area contributed by atoms with Crippen LogP contribution in [0.1, 0.15) is 17.7 Å². The molecule has 1 aliphatic carbocycles. The number of nitrogens with zero attached hydrogens (tertiary/aromatic N) is 2. The third kappa shape index (κ3) is 6.33. The molecule has 35 heavy (non-hydrogen) atoms. The van der Waals surface area contributed by atoms with Crippen molar-refractivity contribution in [3.05, 3.63) is 77.9 Å². The molecule has 3 aromatic rings. The van der Waals surface area contributed by atoms with Crippen LogP contribution in [0.5, 0.6) is 5.75 Å². The van der Waals surface area contributed by atoms with Gasteiger partial charge in [0.25, 0.3) is 0 Å². The standard InChI is InChI=1S/C25H25F4N3O3/c26-21-4-2-1-3-18(21)24-30-10-9-16(32-24)11-19-20(14-33)23(34)12-22(19)31-13-15-5-7-17(8-6-15)35-25(27,28)29/h1-10,19-20,22-23,31,33-34H,11-14H2/t19-,20-,22-,23-/m1/s1. The molecule has 1 aromatic heterocycles. The first-order valence-corrected chi connectivity index (χ1v) is 11.2. The molecule has 0 aliphatic heterocycles. The van der Waals surface area contributed by atoms with Gasteiger partial charge < -0.3 is 20.3 Å². The van der Waals surface area contributed by atoms with Crippen LogP contribution in [-0.4, -0.2) is 45.3 Å². The highest BCUT2D eigenvalue weighted by molar-refractivity contribution is 5.55. The number of halogens is 4. The number of alkyl halides is 3. The molecule has 0 amide bonds. The van der Waals surface area contributed by atoms with Crippen LogP contribution in [0.15, 0.2) is 60.8 Å². The van der Waals surface area contributed by atoms with E-state index in [-0.39, 0.29) is 41.6 Å². The second kappa shape index (κ2) is 10.7. The molecule has 0 unspecified atom stereocenters. The van der Waals surface area contributed by atoms with E-state index < -0.39 is 18.3 Å². The Balaban J connectivity index is 1.46. The van der Waals surface area contributed by atoms with Gasteiger partial charge in [-0.05, 0) is 54.7 Å². The Morgan fingerprint density at radius 1 is 1.03 bits per heavy atom. The van der Waals surface area contributed by atoms with Gasteiger partial charge in [0.15, 0.2) is 5.82 Å². The van der Waals surface area contributed by atoms with Gasteiger partial charge in [0.1, 0.15) is 11.6 Å². The molecule has 186 valence electrons. The van der Waals surface area contributed by atoms with Gasteiger partial charge in [-0.3, -0.25) is 0 Å². The number of hydrogen-bond donors (Lipinski definition) is 3. The van der Waals surface area contributed by atoms with Gasteiger partial charge in [-0.2, -0.15) is 0 Å². The van der Waals surface area contributed by atoms with Gasteiger partial charge in [-0.1, -0.05) is 24.3 Å². The van der Waals surface area contributed by atoms with Crippen molar-refractivity contribution in [2.45, 2.75) is 37.9 Å². The predicted octanol–water partition coefficient (Wildman–Crippen LogP) is 3.87. The molecule has 1 heterocycles. The average molecular weight is 491 g/mol. The minimum absolute atomic E-state index is 0.175. The van der Waals surface area contributed by atoms with E-state index in [2.05, 4.69) is 20.0 Å². The van der Waals surface area contributed by atoms with Crippen LogP contribution in [0, 0.1) is 17.7 Å². The number of ether oxygens (including phenoxy) is 1. The minimum atomic E-state index is -4.75. The van der Waals surface area contributed by atoms with E-state index >= 15 is 0 Å². The normalized spacial score (nSPS) is 22.3. The third-order valence-corrected chi connectivity index (χ3v) is 6.27. The van der Waals surface area contributed by atoms with Gasteiger partial charge in [0, 0.05) is 37.0 Å². The molecule has 0 spiro atoms. The van der Waals surface area contributed by atoms with Crippen LogP contribution in [0.25, 0.3) is 11.4 Å². The lowest BCUT2D eigenvalue weighted by Gasteiger charge is -2.25. The number of aliphatic hydroxyl groups excluding tert-OH is 2. The first kappa shape index (κ1) is 25.0. The number of aliphatic hydroxyl groups is 2. The Hall–Kier alpha value is -3.08. The van der Waals surface area contributed by atoms with Gasteiger partial charge in [-0.15, -0.1) is 13.2 Å². The average Bonchev–Trinajstić information content (AvgIpc) is 3.12. The SMILES string of the molecule is OC[C@@H]1[C@@H](Cc2ccnc(-c3ccccc3F)n2)[C@H](NCc2ccc(OC(F)(F)F)cc2)C[C@H]1O. The molecule has 1 saturated carbocycles. The van der Waals surface area contributed by atoms with Gasteiger partial charge in [0.2, 0.25) is 0 Å². The third-order valence-electron chi connectivity index (χ3n) is 6.27. The van der Waals surface area contributed by atoms with Crippen LogP contribution in [0.4, 0.5) is 17.6 Å². The lowest BCUT2D eigenvalue weighted by Crippen LogP contribution is -2.36.